The van der Waals surface area contributed by atoms with E-state index < -0.39 is 0 Å². The maximum atomic E-state index is 13.3. The summed E-state index contributed by atoms with van der Waals surface area (Å²) in [6, 6.07) is 22.6. The molecule has 0 unspecified atom stereocenters. The number of carbonyl (C=O) groups excluding carboxylic acids is 1. The molecule has 1 aromatic heterocycles. The van der Waals surface area contributed by atoms with Gasteiger partial charge in [-0.1, -0.05) is 41.9 Å². The van der Waals surface area contributed by atoms with Crippen LogP contribution in [0.3, 0.4) is 0 Å². The molecular formula is C23H16ClFN2O. The van der Waals surface area contributed by atoms with Crippen LogP contribution in [0.2, 0.25) is 5.02 Å². The predicted molar refractivity (Wildman–Crippen MR) is 110 cm³/mol. The Morgan fingerprint density at radius 1 is 0.964 bits per heavy atom. The normalized spacial score (nSPS) is 10.8. The molecule has 0 aliphatic heterocycles. The average Bonchev–Trinajstić information content (AvgIpc) is 2.73. The molecule has 0 fully saturated rings. The third-order valence-electron chi connectivity index (χ3n) is 4.47. The van der Waals surface area contributed by atoms with Crippen molar-refractivity contribution in [2.24, 2.45) is 0 Å². The van der Waals surface area contributed by atoms with Crippen molar-refractivity contribution in [2.75, 3.05) is 0 Å². The fourth-order valence-corrected chi connectivity index (χ4v) is 3.14. The third kappa shape index (κ3) is 3.87. The van der Waals surface area contributed by atoms with Crippen LogP contribution in [0, 0.1) is 5.82 Å². The molecular weight excluding hydrogens is 375 g/mol. The quantitative estimate of drug-likeness (QED) is 0.491. The Labute approximate surface area is 166 Å². The second-order valence-electron chi connectivity index (χ2n) is 6.39. The van der Waals surface area contributed by atoms with Gasteiger partial charge in [0, 0.05) is 22.5 Å². The second-order valence-corrected chi connectivity index (χ2v) is 6.82. The summed E-state index contributed by atoms with van der Waals surface area (Å²) in [5.41, 5.74) is 3.56. The Hall–Kier alpha value is -3.24. The summed E-state index contributed by atoms with van der Waals surface area (Å²) in [6.07, 6.45) is 0. The van der Waals surface area contributed by atoms with Gasteiger partial charge in [0.25, 0.3) is 5.91 Å². The first-order valence-corrected chi connectivity index (χ1v) is 9.16. The lowest BCUT2D eigenvalue weighted by molar-refractivity contribution is 0.0952. The fourth-order valence-electron chi connectivity index (χ4n) is 3.01. The summed E-state index contributed by atoms with van der Waals surface area (Å²) in [5, 5.41) is 4.36. The number of aromatic nitrogens is 1. The number of pyridine rings is 1. The van der Waals surface area contributed by atoms with Gasteiger partial charge in [0.05, 0.1) is 16.8 Å². The van der Waals surface area contributed by atoms with E-state index in [0.717, 1.165) is 16.5 Å². The van der Waals surface area contributed by atoms with Crippen molar-refractivity contribution in [3.05, 3.63) is 101 Å². The molecule has 5 heteroatoms. The van der Waals surface area contributed by atoms with E-state index in [4.69, 9.17) is 11.6 Å². The van der Waals surface area contributed by atoms with Crippen LogP contribution in [-0.2, 0) is 6.54 Å². The number of halogens is 2. The van der Waals surface area contributed by atoms with Crippen molar-refractivity contribution >= 4 is 28.4 Å². The molecule has 0 atom stereocenters. The molecule has 0 radical (unpaired) electrons. The highest BCUT2D eigenvalue weighted by atomic mass is 35.5. The lowest BCUT2D eigenvalue weighted by atomic mass is 10.0. The van der Waals surface area contributed by atoms with Crippen molar-refractivity contribution in [2.45, 2.75) is 6.54 Å². The molecule has 1 amide bonds. The molecule has 3 nitrogen and oxygen atoms in total. The molecule has 0 saturated heterocycles. The minimum absolute atomic E-state index is 0.197. The molecule has 0 aliphatic rings. The van der Waals surface area contributed by atoms with Crippen LogP contribution in [0.5, 0.6) is 0 Å². The van der Waals surface area contributed by atoms with Crippen molar-refractivity contribution < 1.29 is 9.18 Å². The molecule has 4 aromatic rings. The topological polar surface area (TPSA) is 42.0 Å². The molecule has 3 aromatic carbocycles. The molecule has 0 saturated carbocycles. The summed E-state index contributed by atoms with van der Waals surface area (Å²) >= 11 is 5.90. The zero-order chi connectivity index (χ0) is 19.5. The lowest BCUT2D eigenvalue weighted by Crippen LogP contribution is -2.23. The van der Waals surface area contributed by atoms with Gasteiger partial charge >= 0.3 is 0 Å². The number of benzene rings is 3. The van der Waals surface area contributed by atoms with Crippen LogP contribution < -0.4 is 5.32 Å². The predicted octanol–water partition coefficient (Wildman–Crippen LogP) is 5.62. The molecule has 1 N–H and O–H groups in total. The highest BCUT2D eigenvalue weighted by molar-refractivity contribution is 6.30. The molecule has 1 heterocycles. The zero-order valence-corrected chi connectivity index (χ0v) is 15.6. The number of amides is 1. The van der Waals surface area contributed by atoms with Crippen LogP contribution >= 0.6 is 11.6 Å². The average molecular weight is 391 g/mol. The van der Waals surface area contributed by atoms with E-state index in [-0.39, 0.29) is 11.7 Å². The highest BCUT2D eigenvalue weighted by Crippen LogP contribution is 2.25. The summed E-state index contributed by atoms with van der Waals surface area (Å²) in [6.45, 7) is 0.387. The number of rotatable bonds is 4. The number of hydrogen-bond donors (Lipinski definition) is 1. The largest absolute Gasteiger partial charge is 0.348 e. The van der Waals surface area contributed by atoms with Crippen LogP contribution in [0.25, 0.3) is 22.2 Å². The molecule has 0 bridgehead atoms. The standard InChI is InChI=1S/C23H16ClFN2O/c24-17-9-5-15(6-10-17)14-26-23(28)20-13-22(16-7-11-18(25)12-8-16)27-21-4-2-1-3-19(20)21/h1-13H,14H2,(H,26,28). The van der Waals surface area contributed by atoms with Crippen LogP contribution in [0.1, 0.15) is 15.9 Å². The van der Waals surface area contributed by atoms with E-state index in [1.54, 1.807) is 30.3 Å². The molecule has 0 spiro atoms. The van der Waals surface area contributed by atoms with Gasteiger partial charge in [-0.15, -0.1) is 0 Å². The van der Waals surface area contributed by atoms with Gasteiger partial charge in [0.1, 0.15) is 5.82 Å². The minimum Gasteiger partial charge on any atom is -0.348 e. The van der Waals surface area contributed by atoms with Gasteiger partial charge in [0.2, 0.25) is 0 Å². The van der Waals surface area contributed by atoms with Crippen LogP contribution in [-0.4, -0.2) is 10.9 Å². The number of nitrogens with one attached hydrogen (secondary N) is 1. The monoisotopic (exact) mass is 390 g/mol. The van der Waals surface area contributed by atoms with E-state index in [9.17, 15) is 9.18 Å². The van der Waals surface area contributed by atoms with E-state index >= 15 is 0 Å². The molecule has 4 rings (SSSR count). The smallest absolute Gasteiger partial charge is 0.252 e. The van der Waals surface area contributed by atoms with E-state index in [0.29, 0.717) is 28.3 Å². The van der Waals surface area contributed by atoms with Crippen molar-refractivity contribution in [1.29, 1.82) is 0 Å². The van der Waals surface area contributed by atoms with Crippen molar-refractivity contribution in [3.8, 4) is 11.3 Å². The first-order chi connectivity index (χ1) is 13.6. The number of nitrogens with zero attached hydrogens (tertiary/aromatic N) is 1. The maximum Gasteiger partial charge on any atom is 0.252 e. The molecule has 138 valence electrons. The SMILES string of the molecule is O=C(NCc1ccc(Cl)cc1)c1cc(-c2ccc(F)cc2)nc2ccccc12. The maximum absolute atomic E-state index is 13.3. The Balaban J connectivity index is 1.69. The van der Waals surface area contributed by atoms with Gasteiger partial charge < -0.3 is 5.32 Å². The van der Waals surface area contributed by atoms with Gasteiger partial charge in [-0.2, -0.15) is 0 Å². The number of hydrogen-bond acceptors (Lipinski definition) is 2. The van der Waals surface area contributed by atoms with Gasteiger partial charge in [-0.3, -0.25) is 4.79 Å². The molecule has 0 aliphatic carbocycles. The first-order valence-electron chi connectivity index (χ1n) is 8.78. The minimum atomic E-state index is -0.314. The van der Waals surface area contributed by atoms with Crippen LogP contribution in [0.15, 0.2) is 78.9 Å². The Bertz CT molecular complexity index is 1140. The lowest BCUT2D eigenvalue weighted by Gasteiger charge is -2.11. The van der Waals surface area contributed by atoms with Gasteiger partial charge in [0.15, 0.2) is 0 Å². The first kappa shape index (κ1) is 18.1. The van der Waals surface area contributed by atoms with Gasteiger partial charge in [-0.25, -0.2) is 9.37 Å². The van der Waals surface area contributed by atoms with Crippen LogP contribution in [0.4, 0.5) is 4.39 Å². The summed E-state index contributed by atoms with van der Waals surface area (Å²) < 4.78 is 13.3. The van der Waals surface area contributed by atoms with E-state index in [1.165, 1.54) is 12.1 Å². The summed E-state index contributed by atoms with van der Waals surface area (Å²) in [4.78, 5) is 17.5. The highest BCUT2D eigenvalue weighted by Gasteiger charge is 2.14. The fraction of sp³-hybridized carbons (Fsp3) is 0.0435. The summed E-state index contributed by atoms with van der Waals surface area (Å²) in [7, 11) is 0. The number of para-hydroxylation sites is 1. The number of fused-ring (bicyclic) bond motifs is 1. The van der Waals surface area contributed by atoms with Gasteiger partial charge in [-0.05, 0) is 54.1 Å². The Morgan fingerprint density at radius 2 is 1.68 bits per heavy atom. The Morgan fingerprint density at radius 3 is 2.43 bits per heavy atom. The Kier molecular flexibility index (Phi) is 5.04. The number of carbonyl (C=O) groups is 1. The third-order valence-corrected chi connectivity index (χ3v) is 4.72. The summed E-state index contributed by atoms with van der Waals surface area (Å²) in [5.74, 6) is -0.512. The zero-order valence-electron chi connectivity index (χ0n) is 14.8. The van der Waals surface area contributed by atoms with Crippen molar-refractivity contribution in [1.82, 2.24) is 10.3 Å². The van der Waals surface area contributed by atoms with E-state index in [1.807, 2.05) is 36.4 Å². The second kappa shape index (κ2) is 7.79. The van der Waals surface area contributed by atoms with E-state index in [2.05, 4.69) is 10.3 Å². The molecule has 28 heavy (non-hydrogen) atoms. The van der Waals surface area contributed by atoms with Crippen molar-refractivity contribution in [3.63, 3.8) is 0 Å².